The Morgan fingerprint density at radius 1 is 0.867 bits per heavy atom. The Kier molecular flexibility index (Phi) is 5.67. The van der Waals surface area contributed by atoms with Gasteiger partial charge in [-0.25, -0.2) is 8.78 Å². The average Bonchev–Trinajstić information content (AvgIpc) is 2.76. The Bertz CT molecular complexity index is 1110. The quantitative estimate of drug-likeness (QED) is 0.445. The molecule has 30 heavy (non-hydrogen) atoms. The number of allylic oxidation sites excluding steroid dienone is 2. The van der Waals surface area contributed by atoms with Gasteiger partial charge in [0.15, 0.2) is 11.6 Å². The van der Waals surface area contributed by atoms with Gasteiger partial charge in [-0.15, -0.1) is 0 Å². The molecule has 3 aromatic rings. The van der Waals surface area contributed by atoms with Crippen molar-refractivity contribution in [2.24, 2.45) is 0 Å². The zero-order chi connectivity index (χ0) is 21.3. The summed E-state index contributed by atoms with van der Waals surface area (Å²) in [5.41, 5.74) is 5.35. The molecule has 0 amide bonds. The first-order valence-electron chi connectivity index (χ1n) is 10.1. The van der Waals surface area contributed by atoms with Gasteiger partial charge < -0.3 is 4.74 Å². The summed E-state index contributed by atoms with van der Waals surface area (Å²) >= 11 is 0. The van der Waals surface area contributed by atoms with Gasteiger partial charge in [0.1, 0.15) is 5.82 Å². The molecule has 4 rings (SSSR count). The number of aryl methyl sites for hydroxylation is 1. The van der Waals surface area contributed by atoms with Gasteiger partial charge in [-0.1, -0.05) is 43.7 Å². The van der Waals surface area contributed by atoms with Crippen molar-refractivity contribution in [2.75, 3.05) is 7.11 Å². The molecule has 0 fully saturated rings. The van der Waals surface area contributed by atoms with Gasteiger partial charge in [-0.2, -0.15) is 4.39 Å². The molecule has 0 unspecified atom stereocenters. The molecule has 0 aliphatic heterocycles. The van der Waals surface area contributed by atoms with Crippen LogP contribution >= 0.6 is 0 Å². The molecule has 0 saturated heterocycles. The van der Waals surface area contributed by atoms with E-state index in [0.717, 1.165) is 35.1 Å². The number of fused-ring (bicyclic) bond motifs is 1. The predicted molar refractivity (Wildman–Crippen MR) is 114 cm³/mol. The molecule has 1 aliphatic carbocycles. The lowest BCUT2D eigenvalue weighted by atomic mass is 9.86. The second-order valence-electron chi connectivity index (χ2n) is 7.60. The smallest absolute Gasteiger partial charge is 0.201 e. The monoisotopic (exact) mass is 408 g/mol. The standard InChI is InChI=1S/C26H23F3O/c1-3-4-16-5-7-17(8-6-16)18-9-10-19-14-22(23(27)15-20(19)13-18)21-11-12-24(30-2)26(29)25(21)28/h5-9,11-12,14-15H,3-4,10,13H2,1-2H3. The maximum atomic E-state index is 14.9. The van der Waals surface area contributed by atoms with Crippen LogP contribution in [-0.4, -0.2) is 7.11 Å². The summed E-state index contributed by atoms with van der Waals surface area (Å²) in [6, 6.07) is 14.2. The maximum absolute atomic E-state index is 14.9. The second kappa shape index (κ2) is 8.39. The van der Waals surface area contributed by atoms with E-state index in [9.17, 15) is 13.2 Å². The summed E-state index contributed by atoms with van der Waals surface area (Å²) in [6.45, 7) is 2.16. The van der Waals surface area contributed by atoms with E-state index in [2.05, 4.69) is 37.3 Å². The highest BCUT2D eigenvalue weighted by atomic mass is 19.2. The van der Waals surface area contributed by atoms with Crippen LogP contribution in [0.5, 0.6) is 5.75 Å². The number of rotatable bonds is 5. The molecule has 4 heteroatoms. The molecule has 0 N–H and O–H groups in total. The lowest BCUT2D eigenvalue weighted by molar-refractivity contribution is 0.372. The highest BCUT2D eigenvalue weighted by Gasteiger charge is 2.21. The van der Waals surface area contributed by atoms with Gasteiger partial charge in [0.25, 0.3) is 0 Å². The van der Waals surface area contributed by atoms with Gasteiger partial charge in [-0.3, -0.25) is 0 Å². The van der Waals surface area contributed by atoms with Gasteiger partial charge in [0.2, 0.25) is 5.82 Å². The summed E-state index contributed by atoms with van der Waals surface area (Å²) < 4.78 is 48.3. The minimum Gasteiger partial charge on any atom is -0.494 e. The first-order valence-corrected chi connectivity index (χ1v) is 10.1. The fraction of sp³-hybridized carbons (Fsp3) is 0.231. The van der Waals surface area contributed by atoms with Crippen molar-refractivity contribution in [3.8, 4) is 16.9 Å². The first-order chi connectivity index (χ1) is 14.5. The van der Waals surface area contributed by atoms with E-state index in [1.54, 1.807) is 6.07 Å². The number of ether oxygens (including phenoxy) is 1. The van der Waals surface area contributed by atoms with E-state index >= 15 is 0 Å². The number of hydrogen-bond donors (Lipinski definition) is 0. The van der Waals surface area contributed by atoms with E-state index in [1.807, 2.05) is 0 Å². The van der Waals surface area contributed by atoms with Crippen LogP contribution in [0.15, 0.2) is 54.6 Å². The molecule has 0 heterocycles. The van der Waals surface area contributed by atoms with Crippen LogP contribution in [0.1, 0.15) is 35.6 Å². The van der Waals surface area contributed by atoms with Crippen molar-refractivity contribution in [2.45, 2.75) is 32.6 Å². The van der Waals surface area contributed by atoms with Crippen molar-refractivity contribution in [3.63, 3.8) is 0 Å². The fourth-order valence-electron chi connectivity index (χ4n) is 4.02. The normalized spacial score (nSPS) is 13.0. The third kappa shape index (κ3) is 3.74. The zero-order valence-electron chi connectivity index (χ0n) is 17.1. The van der Waals surface area contributed by atoms with Crippen LogP contribution < -0.4 is 4.74 Å². The third-order valence-electron chi connectivity index (χ3n) is 5.66. The van der Waals surface area contributed by atoms with Crippen LogP contribution in [0.4, 0.5) is 13.2 Å². The average molecular weight is 408 g/mol. The summed E-state index contributed by atoms with van der Waals surface area (Å²) in [5.74, 6) is -2.97. The summed E-state index contributed by atoms with van der Waals surface area (Å²) in [6.07, 6.45) is 5.52. The Hall–Kier alpha value is -3.01. The Balaban J connectivity index is 1.65. The molecule has 0 saturated carbocycles. The van der Waals surface area contributed by atoms with E-state index in [0.29, 0.717) is 12.8 Å². The predicted octanol–water partition coefficient (Wildman–Crippen LogP) is 6.91. The fourth-order valence-corrected chi connectivity index (χ4v) is 4.02. The third-order valence-corrected chi connectivity index (χ3v) is 5.66. The number of methoxy groups -OCH3 is 1. The molecule has 0 spiro atoms. The molecule has 0 aromatic heterocycles. The highest BCUT2D eigenvalue weighted by molar-refractivity contribution is 5.73. The number of benzene rings is 3. The highest BCUT2D eigenvalue weighted by Crippen LogP contribution is 2.35. The summed E-state index contributed by atoms with van der Waals surface area (Å²) in [4.78, 5) is 0. The molecular formula is C26H23F3O. The van der Waals surface area contributed by atoms with Crippen molar-refractivity contribution in [1.29, 1.82) is 0 Å². The van der Waals surface area contributed by atoms with Gasteiger partial charge >= 0.3 is 0 Å². The second-order valence-corrected chi connectivity index (χ2v) is 7.60. The van der Waals surface area contributed by atoms with Crippen molar-refractivity contribution >= 4 is 5.57 Å². The van der Waals surface area contributed by atoms with Crippen molar-refractivity contribution in [3.05, 3.63) is 94.3 Å². The molecule has 3 aromatic carbocycles. The van der Waals surface area contributed by atoms with Gasteiger partial charge in [0.05, 0.1) is 7.11 Å². The van der Waals surface area contributed by atoms with Crippen molar-refractivity contribution < 1.29 is 17.9 Å². The van der Waals surface area contributed by atoms with E-state index in [-0.39, 0.29) is 16.9 Å². The minimum absolute atomic E-state index is 0.0635. The Labute approximate surface area is 174 Å². The Morgan fingerprint density at radius 3 is 2.33 bits per heavy atom. The topological polar surface area (TPSA) is 9.23 Å². The van der Waals surface area contributed by atoms with Crippen molar-refractivity contribution in [1.82, 2.24) is 0 Å². The molecule has 154 valence electrons. The molecule has 0 bridgehead atoms. The van der Waals surface area contributed by atoms with Crippen LogP contribution in [0.3, 0.4) is 0 Å². The Morgan fingerprint density at radius 2 is 1.63 bits per heavy atom. The van der Waals surface area contributed by atoms with Crippen LogP contribution in [0, 0.1) is 17.5 Å². The van der Waals surface area contributed by atoms with Crippen LogP contribution in [-0.2, 0) is 19.3 Å². The summed E-state index contributed by atoms with van der Waals surface area (Å²) in [7, 11) is 1.26. The van der Waals surface area contributed by atoms with E-state index < -0.39 is 17.5 Å². The SMILES string of the molecule is CCCc1ccc(C2=CCc3cc(-c4ccc(OC)c(F)c4F)c(F)cc3C2)cc1. The van der Waals surface area contributed by atoms with E-state index in [4.69, 9.17) is 4.74 Å². The minimum atomic E-state index is -1.11. The first kappa shape index (κ1) is 20.3. The molecule has 1 nitrogen and oxygen atoms in total. The maximum Gasteiger partial charge on any atom is 0.201 e. The molecular weight excluding hydrogens is 385 g/mol. The zero-order valence-corrected chi connectivity index (χ0v) is 17.1. The van der Waals surface area contributed by atoms with Gasteiger partial charge in [-0.05, 0) is 71.4 Å². The lowest BCUT2D eigenvalue weighted by Gasteiger charge is -2.20. The lowest BCUT2D eigenvalue weighted by Crippen LogP contribution is -2.05. The van der Waals surface area contributed by atoms with Gasteiger partial charge in [0, 0.05) is 11.1 Å². The van der Waals surface area contributed by atoms with Crippen LogP contribution in [0.25, 0.3) is 16.7 Å². The number of halogens is 3. The summed E-state index contributed by atoms with van der Waals surface area (Å²) in [5, 5.41) is 0. The number of hydrogen-bond acceptors (Lipinski definition) is 1. The van der Waals surface area contributed by atoms with Crippen LogP contribution in [0.2, 0.25) is 0 Å². The molecule has 1 aliphatic rings. The molecule has 0 radical (unpaired) electrons. The molecule has 0 atom stereocenters. The largest absolute Gasteiger partial charge is 0.494 e. The van der Waals surface area contributed by atoms with E-state index in [1.165, 1.54) is 30.9 Å².